The fraction of sp³-hybridized carbons (Fsp3) is 0.632. The molecule has 0 radical (unpaired) electrons. The van der Waals surface area contributed by atoms with Crippen LogP contribution in [-0.4, -0.2) is 36.6 Å². The summed E-state index contributed by atoms with van der Waals surface area (Å²) in [7, 11) is 1.57. The third kappa shape index (κ3) is 5.13. The van der Waals surface area contributed by atoms with Gasteiger partial charge in [-0.3, -0.25) is 0 Å². The summed E-state index contributed by atoms with van der Waals surface area (Å²) in [4.78, 5) is 12.0. The number of carboxylic acids is 1. The number of unbranched alkanes of at least 4 members (excludes halogenated alkanes) is 2. The second-order valence-corrected chi connectivity index (χ2v) is 19.6. The second kappa shape index (κ2) is 10.2. The van der Waals surface area contributed by atoms with Crippen molar-refractivity contribution in [1.29, 1.82) is 0 Å². The Bertz CT molecular complexity index is 491. The van der Waals surface area contributed by atoms with Crippen molar-refractivity contribution in [2.75, 3.05) is 7.11 Å². The number of ether oxygens (including phenoxy) is 1. The van der Waals surface area contributed by atoms with E-state index in [1.165, 1.54) is 42.6 Å². The zero-order valence-corrected chi connectivity index (χ0v) is 18.0. The Kier molecular flexibility index (Phi) is 9.03. The second-order valence-electron chi connectivity index (χ2n) is 6.43. The van der Waals surface area contributed by atoms with Gasteiger partial charge in [0.2, 0.25) is 0 Å². The van der Waals surface area contributed by atoms with Crippen molar-refractivity contribution in [3.05, 3.63) is 23.8 Å². The van der Waals surface area contributed by atoms with Crippen LogP contribution in [0.1, 0.15) is 63.2 Å². The van der Waals surface area contributed by atoms with Gasteiger partial charge in [0.05, 0.1) is 0 Å². The molecule has 3 nitrogen and oxygen atoms in total. The van der Waals surface area contributed by atoms with E-state index < -0.39 is 24.3 Å². The molecule has 0 aliphatic carbocycles. The summed E-state index contributed by atoms with van der Waals surface area (Å²) in [5.41, 5.74) is 0.450. The molecule has 0 bridgehead atoms. The van der Waals surface area contributed by atoms with E-state index in [1.807, 2.05) is 6.07 Å². The van der Waals surface area contributed by atoms with Crippen LogP contribution >= 0.6 is 0 Å². The topological polar surface area (TPSA) is 46.5 Å². The number of aromatic carboxylic acids is 1. The molecule has 0 amide bonds. The van der Waals surface area contributed by atoms with Crippen molar-refractivity contribution in [2.45, 2.75) is 66.2 Å². The van der Waals surface area contributed by atoms with Crippen LogP contribution in [0.15, 0.2) is 18.2 Å². The summed E-state index contributed by atoms with van der Waals surface area (Å²) in [5.74, 6) is -0.303. The molecule has 0 saturated carbocycles. The Morgan fingerprint density at radius 1 is 1.04 bits per heavy atom. The van der Waals surface area contributed by atoms with E-state index >= 15 is 0 Å². The van der Waals surface area contributed by atoms with Gasteiger partial charge < -0.3 is 0 Å². The molecule has 1 aromatic rings. The van der Waals surface area contributed by atoms with Crippen LogP contribution < -0.4 is 8.32 Å². The summed E-state index contributed by atoms with van der Waals surface area (Å²) >= 11 is -2.74. The van der Waals surface area contributed by atoms with Crippen molar-refractivity contribution in [2.24, 2.45) is 0 Å². The summed E-state index contributed by atoms with van der Waals surface area (Å²) in [6, 6.07) is 5.87. The Morgan fingerprint density at radius 3 is 2.09 bits per heavy atom. The standard InChI is InChI=1S/C8H7O3.2C4H9.C3H7.Sn/c1-11-7-5-3-2-4-6(7)8(9)10;2*1-3-4-2;1-3-2;/h2-3,5H,1H3,(H,9,10);2*1,3-4H2,2H3;1,3H2,2H3;. The van der Waals surface area contributed by atoms with Gasteiger partial charge in [-0.05, 0) is 0 Å². The fourth-order valence-corrected chi connectivity index (χ4v) is 20.2. The van der Waals surface area contributed by atoms with Gasteiger partial charge in [0.1, 0.15) is 0 Å². The monoisotopic (exact) mass is 428 g/mol. The van der Waals surface area contributed by atoms with Gasteiger partial charge in [0, 0.05) is 0 Å². The molecule has 4 heteroatoms. The van der Waals surface area contributed by atoms with Crippen LogP contribution in [0.25, 0.3) is 0 Å². The first kappa shape index (κ1) is 20.3. The molecule has 0 atom stereocenters. The maximum absolute atomic E-state index is 12.0. The molecule has 1 rings (SSSR count). The first-order valence-electron chi connectivity index (χ1n) is 8.97. The number of hydrogen-bond donors (Lipinski definition) is 1. The normalized spacial score (nSPS) is 11.5. The van der Waals surface area contributed by atoms with E-state index in [-0.39, 0.29) is 0 Å². The van der Waals surface area contributed by atoms with Crippen molar-refractivity contribution in [1.82, 2.24) is 0 Å². The molecule has 1 N–H and O–H groups in total. The molecule has 0 aliphatic heterocycles. The van der Waals surface area contributed by atoms with Crippen LogP contribution in [0.2, 0.25) is 13.3 Å². The Labute approximate surface area is 145 Å². The number of hydrogen-bond acceptors (Lipinski definition) is 2. The van der Waals surface area contributed by atoms with Crippen molar-refractivity contribution in [3.8, 4) is 5.75 Å². The van der Waals surface area contributed by atoms with Crippen LogP contribution in [0.5, 0.6) is 5.75 Å². The zero-order chi connectivity index (χ0) is 17.3. The van der Waals surface area contributed by atoms with E-state index in [0.717, 1.165) is 6.42 Å². The van der Waals surface area contributed by atoms with Crippen molar-refractivity contribution >= 4 is 27.9 Å². The van der Waals surface area contributed by atoms with E-state index in [2.05, 4.69) is 26.8 Å². The van der Waals surface area contributed by atoms with Crippen molar-refractivity contribution in [3.63, 3.8) is 0 Å². The zero-order valence-electron chi connectivity index (χ0n) is 15.2. The van der Waals surface area contributed by atoms with Crippen LogP contribution in [-0.2, 0) is 0 Å². The molecule has 23 heavy (non-hydrogen) atoms. The molecule has 1 aromatic carbocycles. The van der Waals surface area contributed by atoms with Gasteiger partial charge in [-0.1, -0.05) is 0 Å². The Balaban J connectivity index is 3.47. The van der Waals surface area contributed by atoms with Crippen LogP contribution in [0.4, 0.5) is 0 Å². The predicted molar refractivity (Wildman–Crippen MR) is 99.9 cm³/mol. The molecule has 0 aliphatic rings. The summed E-state index contributed by atoms with van der Waals surface area (Å²) in [5, 5.41) is 9.81. The third-order valence-electron chi connectivity index (χ3n) is 4.78. The van der Waals surface area contributed by atoms with Gasteiger partial charge in [0.25, 0.3) is 0 Å². The maximum atomic E-state index is 12.0. The molecule has 0 heterocycles. The predicted octanol–water partition coefficient (Wildman–Crippen LogP) is 5.06. The van der Waals surface area contributed by atoms with Crippen LogP contribution in [0, 0.1) is 0 Å². The van der Waals surface area contributed by atoms with Crippen LogP contribution in [0.3, 0.4) is 0 Å². The van der Waals surface area contributed by atoms with E-state index in [1.54, 1.807) is 13.2 Å². The first-order valence-corrected chi connectivity index (χ1v) is 16.4. The average Bonchev–Trinajstić information content (AvgIpc) is 2.56. The van der Waals surface area contributed by atoms with Gasteiger partial charge in [-0.2, -0.15) is 0 Å². The van der Waals surface area contributed by atoms with Gasteiger partial charge in [-0.25, -0.2) is 0 Å². The number of benzene rings is 1. The fourth-order valence-electron chi connectivity index (χ4n) is 3.65. The number of carboxylic acid groups (broad SMARTS) is 1. The van der Waals surface area contributed by atoms with Gasteiger partial charge >= 0.3 is 145 Å². The SMILES string of the molecule is CCC[CH2][Sn]([CH2]CC)([CH2]CCC)[c]1cccc(OC)c1C(=O)O. The number of carbonyl (C=O) groups is 1. The molecule has 0 spiro atoms. The number of rotatable bonds is 11. The van der Waals surface area contributed by atoms with Crippen molar-refractivity contribution < 1.29 is 14.6 Å². The average molecular weight is 427 g/mol. The van der Waals surface area contributed by atoms with Gasteiger partial charge in [-0.15, -0.1) is 0 Å². The quantitative estimate of drug-likeness (QED) is 0.503. The summed E-state index contributed by atoms with van der Waals surface area (Å²) in [6.45, 7) is 6.70. The molecule has 130 valence electrons. The van der Waals surface area contributed by atoms with E-state index in [0.29, 0.717) is 11.3 Å². The minimum atomic E-state index is -2.74. The van der Waals surface area contributed by atoms with E-state index in [9.17, 15) is 9.90 Å². The third-order valence-corrected chi connectivity index (χ3v) is 20.9. The molecule has 0 fully saturated rings. The number of methoxy groups -OCH3 is 1. The van der Waals surface area contributed by atoms with Gasteiger partial charge in [0.15, 0.2) is 0 Å². The molecule has 0 saturated heterocycles. The molecular weight excluding hydrogens is 395 g/mol. The molecule has 0 aromatic heterocycles. The summed E-state index contributed by atoms with van der Waals surface area (Å²) < 4.78 is 10.3. The van der Waals surface area contributed by atoms with E-state index in [4.69, 9.17) is 4.74 Å². The minimum absolute atomic E-state index is 0.450. The Morgan fingerprint density at radius 2 is 1.65 bits per heavy atom. The summed E-state index contributed by atoms with van der Waals surface area (Å²) in [6.07, 6.45) is 5.95. The molecule has 0 unspecified atom stereocenters. The first-order chi connectivity index (χ1) is 11.1. The molecular formula is C19H32O3Sn. The Hall–Kier alpha value is -0.711.